The zero-order valence-electron chi connectivity index (χ0n) is 29.7. The van der Waals surface area contributed by atoms with Crippen LogP contribution in [0.3, 0.4) is 0 Å². The molecular weight excluding hydrogens is 641 g/mol. The van der Waals surface area contributed by atoms with E-state index in [1.165, 1.54) is 55.3 Å². The minimum Gasteiger partial charge on any atom is -0.228 e. The van der Waals surface area contributed by atoms with Gasteiger partial charge in [0.15, 0.2) is 5.82 Å². The lowest BCUT2D eigenvalue weighted by Crippen LogP contribution is -2.14. The van der Waals surface area contributed by atoms with E-state index in [9.17, 15) is 0 Å². The third kappa shape index (κ3) is 5.26. The normalized spacial score (nSPS) is 12.9. The molecule has 1 aliphatic rings. The van der Waals surface area contributed by atoms with Crippen molar-refractivity contribution < 1.29 is 0 Å². The molecule has 0 radical (unpaired) electrons. The number of fused-ring (bicyclic) bond motifs is 6. The van der Waals surface area contributed by atoms with Gasteiger partial charge in [0.1, 0.15) is 0 Å². The van der Waals surface area contributed by atoms with Crippen molar-refractivity contribution >= 4 is 21.7 Å². The highest BCUT2D eigenvalue weighted by Crippen LogP contribution is 2.52. The lowest BCUT2D eigenvalue weighted by atomic mass is 9.82. The standard InChI is InChI=1S/C51H36N2/c1-51(2)44-21-9-8-20-43(44)47-45(51)28-29-46-48(47)49(41-27-26-34-14-6-7-15-37(34)31-41)53-50(52-46)42-19-11-18-40(32-42)39-17-10-16-38(30-39)36-24-22-35(23-25-36)33-12-4-3-5-13-33/h3-32H,1-2H3. The summed E-state index contributed by atoms with van der Waals surface area (Å²) in [6, 6.07) is 65.4. The minimum absolute atomic E-state index is 0.119. The average molecular weight is 677 g/mol. The molecule has 0 bridgehead atoms. The lowest BCUT2D eigenvalue weighted by molar-refractivity contribution is 0.661. The Labute approximate surface area is 310 Å². The molecule has 0 saturated carbocycles. The van der Waals surface area contributed by atoms with E-state index in [2.05, 4.69) is 196 Å². The molecule has 0 fully saturated rings. The minimum atomic E-state index is -0.119. The predicted octanol–water partition coefficient (Wildman–Crippen LogP) is 13.4. The van der Waals surface area contributed by atoms with Gasteiger partial charge in [-0.25, -0.2) is 9.97 Å². The van der Waals surface area contributed by atoms with Crippen LogP contribution in [0.1, 0.15) is 25.0 Å². The number of rotatable bonds is 5. The smallest absolute Gasteiger partial charge is 0.160 e. The molecule has 1 aromatic heterocycles. The van der Waals surface area contributed by atoms with Gasteiger partial charge in [-0.1, -0.05) is 172 Å². The largest absolute Gasteiger partial charge is 0.228 e. The maximum absolute atomic E-state index is 5.47. The summed E-state index contributed by atoms with van der Waals surface area (Å²) >= 11 is 0. The maximum Gasteiger partial charge on any atom is 0.160 e. The third-order valence-electron chi connectivity index (χ3n) is 11.1. The topological polar surface area (TPSA) is 25.8 Å². The van der Waals surface area contributed by atoms with Gasteiger partial charge < -0.3 is 0 Å². The summed E-state index contributed by atoms with van der Waals surface area (Å²) in [7, 11) is 0. The van der Waals surface area contributed by atoms with Crippen LogP contribution < -0.4 is 0 Å². The Kier molecular flexibility index (Phi) is 7.19. The molecule has 1 aliphatic carbocycles. The van der Waals surface area contributed by atoms with Crippen LogP contribution in [-0.4, -0.2) is 9.97 Å². The van der Waals surface area contributed by atoms with Crippen LogP contribution in [0.25, 0.3) is 88.8 Å². The van der Waals surface area contributed by atoms with Crippen molar-refractivity contribution in [3.63, 3.8) is 0 Å². The predicted molar refractivity (Wildman–Crippen MR) is 222 cm³/mol. The Balaban J connectivity index is 1.10. The van der Waals surface area contributed by atoms with Gasteiger partial charge in [0.25, 0.3) is 0 Å². The van der Waals surface area contributed by atoms with Crippen molar-refractivity contribution in [1.29, 1.82) is 0 Å². The quantitative estimate of drug-likeness (QED) is 0.181. The fourth-order valence-electron chi connectivity index (χ4n) is 8.29. The molecule has 0 N–H and O–H groups in total. The van der Waals surface area contributed by atoms with E-state index in [4.69, 9.17) is 9.97 Å². The second kappa shape index (κ2) is 12.3. The second-order valence-electron chi connectivity index (χ2n) is 14.6. The highest BCUT2D eigenvalue weighted by molar-refractivity contribution is 6.08. The van der Waals surface area contributed by atoms with Crippen LogP contribution in [-0.2, 0) is 5.41 Å². The lowest BCUT2D eigenvalue weighted by Gasteiger charge is -2.21. The molecule has 8 aromatic carbocycles. The van der Waals surface area contributed by atoms with Crippen LogP contribution in [0.4, 0.5) is 0 Å². The summed E-state index contributed by atoms with van der Waals surface area (Å²) in [5, 5.41) is 3.53. The molecule has 0 atom stereocenters. The van der Waals surface area contributed by atoms with E-state index in [0.717, 1.165) is 44.7 Å². The van der Waals surface area contributed by atoms with Crippen LogP contribution in [0.5, 0.6) is 0 Å². The number of aromatic nitrogens is 2. The molecule has 2 nitrogen and oxygen atoms in total. The zero-order valence-corrected chi connectivity index (χ0v) is 29.7. The van der Waals surface area contributed by atoms with E-state index in [1.54, 1.807) is 0 Å². The fraction of sp³-hybridized carbons (Fsp3) is 0.0588. The molecule has 1 heterocycles. The van der Waals surface area contributed by atoms with Gasteiger partial charge in [0.2, 0.25) is 0 Å². The van der Waals surface area contributed by atoms with E-state index in [0.29, 0.717) is 0 Å². The van der Waals surface area contributed by atoms with Gasteiger partial charge in [-0.05, 0) is 90.7 Å². The highest BCUT2D eigenvalue weighted by atomic mass is 14.9. The van der Waals surface area contributed by atoms with E-state index >= 15 is 0 Å². The van der Waals surface area contributed by atoms with Crippen molar-refractivity contribution in [1.82, 2.24) is 9.97 Å². The Morgan fingerprint density at radius 2 is 0.943 bits per heavy atom. The maximum atomic E-state index is 5.47. The SMILES string of the molecule is CC1(C)c2ccccc2-c2c1ccc1nc(-c3cccc(-c4cccc(-c5ccc(-c6ccccc6)cc5)c4)c3)nc(-c3ccc4ccccc4c3)c21. The van der Waals surface area contributed by atoms with Gasteiger partial charge in [-0.3, -0.25) is 0 Å². The number of hydrogen-bond donors (Lipinski definition) is 0. The van der Waals surface area contributed by atoms with Crippen LogP contribution >= 0.6 is 0 Å². The molecule has 0 saturated heterocycles. The second-order valence-corrected chi connectivity index (χ2v) is 14.6. The first kappa shape index (κ1) is 31.1. The average Bonchev–Trinajstić information content (AvgIpc) is 3.46. The summed E-state index contributed by atoms with van der Waals surface area (Å²) < 4.78 is 0. The summed E-state index contributed by atoms with van der Waals surface area (Å²) in [6.45, 7) is 4.66. The molecule has 0 amide bonds. The Bertz CT molecular complexity index is 2850. The van der Waals surface area contributed by atoms with Crippen LogP contribution in [0.2, 0.25) is 0 Å². The molecule has 10 rings (SSSR count). The third-order valence-corrected chi connectivity index (χ3v) is 11.1. The first-order chi connectivity index (χ1) is 26.0. The Hall–Kier alpha value is -6.64. The summed E-state index contributed by atoms with van der Waals surface area (Å²) in [5.41, 5.74) is 16.2. The number of nitrogens with zero attached hydrogens (tertiary/aromatic N) is 2. The summed E-state index contributed by atoms with van der Waals surface area (Å²) in [5.74, 6) is 0.723. The van der Waals surface area contributed by atoms with Gasteiger partial charge in [0, 0.05) is 21.9 Å². The fourth-order valence-corrected chi connectivity index (χ4v) is 8.29. The summed E-state index contributed by atoms with van der Waals surface area (Å²) in [4.78, 5) is 10.8. The molecule has 0 unspecified atom stereocenters. The van der Waals surface area contributed by atoms with Crippen LogP contribution in [0, 0.1) is 0 Å². The number of benzene rings is 8. The number of hydrogen-bond acceptors (Lipinski definition) is 2. The molecule has 53 heavy (non-hydrogen) atoms. The van der Waals surface area contributed by atoms with Gasteiger partial charge >= 0.3 is 0 Å². The van der Waals surface area contributed by atoms with E-state index in [-0.39, 0.29) is 5.41 Å². The van der Waals surface area contributed by atoms with Crippen molar-refractivity contribution in [2.75, 3.05) is 0 Å². The van der Waals surface area contributed by atoms with Crippen molar-refractivity contribution in [2.24, 2.45) is 0 Å². The van der Waals surface area contributed by atoms with Gasteiger partial charge in [0.05, 0.1) is 11.2 Å². The molecule has 0 spiro atoms. The molecule has 0 aliphatic heterocycles. The van der Waals surface area contributed by atoms with Crippen molar-refractivity contribution in [2.45, 2.75) is 19.3 Å². The van der Waals surface area contributed by atoms with E-state index in [1.807, 2.05) is 0 Å². The summed E-state index contributed by atoms with van der Waals surface area (Å²) in [6.07, 6.45) is 0. The van der Waals surface area contributed by atoms with E-state index < -0.39 is 0 Å². The Morgan fingerprint density at radius 3 is 1.72 bits per heavy atom. The highest BCUT2D eigenvalue weighted by Gasteiger charge is 2.37. The molecule has 2 heteroatoms. The van der Waals surface area contributed by atoms with Crippen molar-refractivity contribution in [3.8, 4) is 67.2 Å². The zero-order chi connectivity index (χ0) is 35.5. The monoisotopic (exact) mass is 676 g/mol. The van der Waals surface area contributed by atoms with Gasteiger partial charge in [-0.2, -0.15) is 0 Å². The van der Waals surface area contributed by atoms with Gasteiger partial charge in [-0.15, -0.1) is 0 Å². The Morgan fingerprint density at radius 1 is 0.377 bits per heavy atom. The molecule has 250 valence electrons. The van der Waals surface area contributed by atoms with Crippen molar-refractivity contribution in [3.05, 3.63) is 193 Å². The first-order valence-electron chi connectivity index (χ1n) is 18.3. The molecule has 9 aromatic rings. The molecular formula is C51H36N2. The first-order valence-corrected chi connectivity index (χ1v) is 18.3. The van der Waals surface area contributed by atoms with Crippen LogP contribution in [0.15, 0.2) is 182 Å².